The first-order valence-electron chi connectivity index (χ1n) is 9.64. The van der Waals surface area contributed by atoms with Crippen LogP contribution in [-0.4, -0.2) is 71.4 Å². The highest BCUT2D eigenvalue weighted by Crippen LogP contribution is 2.33. The highest BCUT2D eigenvalue weighted by molar-refractivity contribution is 7.14. The van der Waals surface area contributed by atoms with Crippen LogP contribution in [0.1, 0.15) is 0 Å². The van der Waals surface area contributed by atoms with Crippen molar-refractivity contribution in [3.05, 3.63) is 41.7 Å². The maximum atomic E-state index is 14.3. The monoisotopic (exact) mass is 430 g/mol. The first kappa shape index (κ1) is 20.5. The van der Waals surface area contributed by atoms with Gasteiger partial charge in [-0.2, -0.15) is 4.98 Å². The van der Waals surface area contributed by atoms with Gasteiger partial charge in [-0.05, 0) is 12.1 Å². The lowest BCUT2D eigenvalue weighted by molar-refractivity contribution is 0.188. The molecule has 158 valence electrons. The third-order valence-electron chi connectivity index (χ3n) is 4.92. The van der Waals surface area contributed by atoms with Crippen molar-refractivity contribution in [2.45, 2.75) is 0 Å². The zero-order valence-corrected chi connectivity index (χ0v) is 17.4. The van der Waals surface area contributed by atoms with E-state index in [0.717, 1.165) is 43.2 Å². The summed E-state index contributed by atoms with van der Waals surface area (Å²) in [4.78, 5) is 17.3. The molecule has 1 aliphatic heterocycles. The number of hydrogen-bond acceptors (Lipinski definition) is 9. The fourth-order valence-electron chi connectivity index (χ4n) is 3.32. The van der Waals surface area contributed by atoms with Crippen LogP contribution in [0.2, 0.25) is 0 Å². The highest BCUT2D eigenvalue weighted by Gasteiger charge is 2.20. The largest absolute Gasteiger partial charge is 0.496 e. The Hall–Kier alpha value is -2.82. The topological polar surface area (TPSA) is 86.6 Å². The van der Waals surface area contributed by atoms with Crippen LogP contribution in [0, 0.1) is 5.82 Å². The van der Waals surface area contributed by atoms with Crippen molar-refractivity contribution in [1.29, 1.82) is 0 Å². The SMILES string of the molecule is COc1ccccc1-c1csc(Nc2nc(N3CCN(CCO)CC3)ncc2F)n1. The van der Waals surface area contributed by atoms with E-state index >= 15 is 0 Å². The van der Waals surface area contributed by atoms with Gasteiger partial charge in [0.05, 0.1) is 25.6 Å². The Morgan fingerprint density at radius 1 is 1.20 bits per heavy atom. The van der Waals surface area contributed by atoms with E-state index in [0.29, 0.717) is 17.6 Å². The highest BCUT2D eigenvalue weighted by atomic mass is 32.1. The summed E-state index contributed by atoms with van der Waals surface area (Å²) in [7, 11) is 1.62. The molecular formula is C20H23FN6O2S. The second kappa shape index (κ2) is 9.33. The minimum absolute atomic E-state index is 0.0960. The molecule has 3 heterocycles. The summed E-state index contributed by atoms with van der Waals surface area (Å²) in [5, 5.41) is 14.5. The van der Waals surface area contributed by atoms with Crippen LogP contribution in [0.3, 0.4) is 0 Å². The van der Waals surface area contributed by atoms with Crippen LogP contribution >= 0.6 is 11.3 Å². The summed E-state index contributed by atoms with van der Waals surface area (Å²) in [5.41, 5.74) is 1.61. The molecule has 0 bridgehead atoms. The number of benzene rings is 1. The molecule has 1 aliphatic rings. The first-order valence-corrected chi connectivity index (χ1v) is 10.5. The number of nitrogens with zero attached hydrogens (tertiary/aromatic N) is 5. The molecular weight excluding hydrogens is 407 g/mol. The second-order valence-corrected chi connectivity index (χ2v) is 7.64. The molecule has 4 rings (SSSR count). The number of β-amino-alcohol motifs (C(OH)–C–C–N with tert-alkyl or cyclic N) is 1. The Labute approximate surface area is 178 Å². The van der Waals surface area contributed by atoms with Crippen molar-refractivity contribution in [1.82, 2.24) is 19.9 Å². The fraction of sp³-hybridized carbons (Fsp3) is 0.350. The molecule has 8 nitrogen and oxygen atoms in total. The Morgan fingerprint density at radius 2 is 2.00 bits per heavy atom. The Morgan fingerprint density at radius 3 is 2.77 bits per heavy atom. The van der Waals surface area contributed by atoms with E-state index in [2.05, 4.69) is 25.2 Å². The number of rotatable bonds is 7. The molecule has 2 N–H and O–H groups in total. The van der Waals surface area contributed by atoms with Crippen LogP contribution in [0.15, 0.2) is 35.8 Å². The molecule has 0 atom stereocenters. The summed E-state index contributed by atoms with van der Waals surface area (Å²) >= 11 is 1.37. The van der Waals surface area contributed by atoms with E-state index in [9.17, 15) is 4.39 Å². The summed E-state index contributed by atoms with van der Waals surface area (Å²) in [6.07, 6.45) is 1.18. The lowest BCUT2D eigenvalue weighted by atomic mass is 10.1. The molecule has 0 aliphatic carbocycles. The van der Waals surface area contributed by atoms with Gasteiger partial charge < -0.3 is 20.1 Å². The number of hydrogen-bond donors (Lipinski definition) is 2. The van der Waals surface area contributed by atoms with E-state index in [1.807, 2.05) is 34.5 Å². The number of aliphatic hydroxyl groups is 1. The predicted octanol–water partition coefficient (Wildman–Crippen LogP) is 2.61. The van der Waals surface area contributed by atoms with Gasteiger partial charge in [0.25, 0.3) is 0 Å². The van der Waals surface area contributed by atoms with Crippen LogP contribution in [0.5, 0.6) is 5.75 Å². The minimum atomic E-state index is -0.535. The second-order valence-electron chi connectivity index (χ2n) is 6.78. The number of nitrogens with one attached hydrogen (secondary N) is 1. The van der Waals surface area contributed by atoms with Crippen LogP contribution in [0.4, 0.5) is 21.3 Å². The molecule has 30 heavy (non-hydrogen) atoms. The van der Waals surface area contributed by atoms with Crippen molar-refractivity contribution >= 4 is 28.2 Å². The van der Waals surface area contributed by atoms with Crippen molar-refractivity contribution in [2.75, 3.05) is 56.7 Å². The number of thiazole rings is 1. The van der Waals surface area contributed by atoms with E-state index < -0.39 is 5.82 Å². The summed E-state index contributed by atoms with van der Waals surface area (Å²) in [5.74, 6) is 0.764. The lowest BCUT2D eigenvalue weighted by Gasteiger charge is -2.34. The third kappa shape index (κ3) is 4.50. The minimum Gasteiger partial charge on any atom is -0.496 e. The van der Waals surface area contributed by atoms with E-state index in [-0.39, 0.29) is 12.4 Å². The summed E-state index contributed by atoms with van der Waals surface area (Å²) < 4.78 is 19.7. The van der Waals surface area contributed by atoms with Gasteiger partial charge >= 0.3 is 0 Å². The predicted molar refractivity (Wildman–Crippen MR) is 115 cm³/mol. The van der Waals surface area contributed by atoms with Gasteiger partial charge in [-0.25, -0.2) is 14.4 Å². The number of ether oxygens (including phenoxy) is 1. The molecule has 0 spiro atoms. The van der Waals surface area contributed by atoms with Gasteiger partial charge in [-0.15, -0.1) is 11.3 Å². The zero-order valence-electron chi connectivity index (χ0n) is 16.6. The van der Waals surface area contributed by atoms with Gasteiger partial charge in [0.1, 0.15) is 5.75 Å². The Bertz CT molecular complexity index is 993. The Kier molecular flexibility index (Phi) is 6.36. The first-order chi connectivity index (χ1) is 14.7. The molecule has 0 unspecified atom stereocenters. The van der Waals surface area contributed by atoms with Gasteiger partial charge in [-0.3, -0.25) is 4.90 Å². The molecule has 0 radical (unpaired) electrons. The molecule has 1 aromatic carbocycles. The van der Waals surface area contributed by atoms with Crippen LogP contribution < -0.4 is 15.0 Å². The molecule has 0 saturated carbocycles. The maximum Gasteiger partial charge on any atom is 0.227 e. The number of aliphatic hydroxyl groups excluding tert-OH is 1. The molecule has 1 saturated heterocycles. The molecule has 1 fully saturated rings. The smallest absolute Gasteiger partial charge is 0.227 e. The summed E-state index contributed by atoms with van der Waals surface area (Å²) in [6.45, 7) is 3.85. The zero-order chi connectivity index (χ0) is 20.9. The van der Waals surface area contributed by atoms with Gasteiger partial charge in [0, 0.05) is 43.7 Å². The maximum absolute atomic E-state index is 14.3. The number of methoxy groups -OCH3 is 1. The van der Waals surface area contributed by atoms with Crippen molar-refractivity contribution in [2.24, 2.45) is 0 Å². The van der Waals surface area contributed by atoms with E-state index in [1.165, 1.54) is 17.5 Å². The van der Waals surface area contributed by atoms with E-state index in [1.54, 1.807) is 7.11 Å². The lowest BCUT2D eigenvalue weighted by Crippen LogP contribution is -2.47. The molecule has 10 heteroatoms. The van der Waals surface area contributed by atoms with Gasteiger partial charge in [0.15, 0.2) is 16.8 Å². The number of para-hydroxylation sites is 1. The summed E-state index contributed by atoms with van der Waals surface area (Å²) in [6, 6.07) is 7.62. The molecule has 2 aromatic heterocycles. The average Bonchev–Trinajstić information content (AvgIpc) is 3.24. The Balaban J connectivity index is 1.49. The standard InChI is InChI=1S/C20H23FN6O2S/c1-29-17-5-3-2-4-14(17)16-13-30-20(23-16)25-18-15(21)12-22-19(24-18)27-8-6-26(7-9-27)10-11-28/h2-5,12-13,28H,6-11H2,1H3,(H,22,23,24,25). The number of halogens is 1. The van der Waals surface area contributed by atoms with Crippen molar-refractivity contribution in [3.8, 4) is 17.0 Å². The average molecular weight is 431 g/mol. The normalized spacial score (nSPS) is 14.7. The van der Waals surface area contributed by atoms with Crippen LogP contribution in [-0.2, 0) is 0 Å². The number of piperazine rings is 1. The fourth-order valence-corrected chi connectivity index (χ4v) is 4.03. The third-order valence-corrected chi connectivity index (χ3v) is 5.67. The molecule has 0 amide bonds. The molecule has 3 aromatic rings. The van der Waals surface area contributed by atoms with Gasteiger partial charge in [0.2, 0.25) is 5.95 Å². The van der Waals surface area contributed by atoms with Crippen LogP contribution in [0.25, 0.3) is 11.3 Å². The van der Waals surface area contributed by atoms with E-state index in [4.69, 9.17) is 9.84 Å². The van der Waals surface area contributed by atoms with Gasteiger partial charge in [-0.1, -0.05) is 12.1 Å². The van der Waals surface area contributed by atoms with Crippen molar-refractivity contribution < 1.29 is 14.2 Å². The number of aromatic nitrogens is 3. The quantitative estimate of drug-likeness (QED) is 0.592. The van der Waals surface area contributed by atoms with Crippen molar-refractivity contribution in [3.63, 3.8) is 0 Å². The number of anilines is 3.